The van der Waals surface area contributed by atoms with Gasteiger partial charge in [-0.15, -0.1) is 0 Å². The van der Waals surface area contributed by atoms with Gasteiger partial charge in [0.2, 0.25) is 24.1 Å². The maximum Gasteiger partial charge on any atom is 0.433 e. The van der Waals surface area contributed by atoms with Crippen molar-refractivity contribution in [3.8, 4) is 5.75 Å². The van der Waals surface area contributed by atoms with Gasteiger partial charge in [0, 0.05) is 63.2 Å². The monoisotopic (exact) mass is 789 g/mol. The lowest BCUT2D eigenvalue weighted by atomic mass is 9.85. The lowest BCUT2D eigenvalue weighted by Gasteiger charge is -2.39. The maximum absolute atomic E-state index is 13.8. The van der Waals surface area contributed by atoms with Crippen molar-refractivity contribution in [3.63, 3.8) is 0 Å². The number of carbonyl (C=O) groups excluding carboxylic acids is 4. The molecule has 3 fully saturated rings. The summed E-state index contributed by atoms with van der Waals surface area (Å²) in [5.41, 5.74) is 1.75. The number of aliphatic hydroxyl groups is 1. The number of methoxy groups -OCH3 is 1. The molecule has 18 heteroatoms. The molecule has 5 heterocycles. The topological polar surface area (TPSA) is 165 Å². The summed E-state index contributed by atoms with van der Waals surface area (Å²) in [6, 6.07) is 11.6. The predicted octanol–water partition coefficient (Wildman–Crippen LogP) is 4.13. The molecule has 2 aromatic carbocycles. The van der Waals surface area contributed by atoms with E-state index in [0.717, 1.165) is 42.0 Å². The number of benzene rings is 2. The van der Waals surface area contributed by atoms with Gasteiger partial charge in [0.15, 0.2) is 0 Å². The molecule has 8 rings (SSSR count). The zero-order valence-electron chi connectivity index (χ0n) is 31.3. The quantitative estimate of drug-likeness (QED) is 0.231. The molecular formula is C39H42F3N9O6. The number of hydrogen-bond donors (Lipinski definition) is 3. The molecule has 57 heavy (non-hydrogen) atoms. The van der Waals surface area contributed by atoms with Crippen LogP contribution >= 0.6 is 0 Å². The van der Waals surface area contributed by atoms with Crippen LogP contribution in [0.1, 0.15) is 60.7 Å². The first-order valence-electron chi connectivity index (χ1n) is 18.9. The number of halogens is 3. The average Bonchev–Trinajstić information content (AvgIpc) is 3.74. The summed E-state index contributed by atoms with van der Waals surface area (Å²) in [4.78, 5) is 62.2. The molecule has 0 spiro atoms. The van der Waals surface area contributed by atoms with Crippen LogP contribution in [0.15, 0.2) is 54.7 Å². The first-order chi connectivity index (χ1) is 27.3. The van der Waals surface area contributed by atoms with Crippen LogP contribution in [0.5, 0.6) is 5.75 Å². The number of anilines is 4. The van der Waals surface area contributed by atoms with Crippen LogP contribution < -0.4 is 30.1 Å². The molecule has 15 nitrogen and oxygen atoms in total. The third kappa shape index (κ3) is 7.17. The normalized spacial score (nSPS) is 22.8. The van der Waals surface area contributed by atoms with Crippen molar-refractivity contribution in [1.29, 1.82) is 0 Å². The van der Waals surface area contributed by atoms with E-state index in [-0.39, 0.29) is 47.3 Å². The van der Waals surface area contributed by atoms with Gasteiger partial charge in [-0.05, 0) is 62.4 Å². The zero-order chi connectivity index (χ0) is 40.2. The summed E-state index contributed by atoms with van der Waals surface area (Å²) in [5, 5.41) is 21.7. The molecule has 4 amide bonds. The number of rotatable bonds is 7. The smallest absolute Gasteiger partial charge is 0.433 e. The molecule has 3 aliphatic heterocycles. The zero-order valence-corrected chi connectivity index (χ0v) is 31.3. The summed E-state index contributed by atoms with van der Waals surface area (Å²) in [6.07, 6.45) is -0.527. The van der Waals surface area contributed by atoms with E-state index < -0.39 is 36.1 Å². The van der Waals surface area contributed by atoms with E-state index in [0.29, 0.717) is 56.3 Å². The summed E-state index contributed by atoms with van der Waals surface area (Å²) in [6.45, 7) is 2.28. The van der Waals surface area contributed by atoms with Gasteiger partial charge in [0.25, 0.3) is 5.91 Å². The fourth-order valence-electron chi connectivity index (χ4n) is 8.49. The van der Waals surface area contributed by atoms with Crippen molar-refractivity contribution in [2.45, 2.75) is 63.1 Å². The molecule has 0 radical (unpaired) electrons. The van der Waals surface area contributed by atoms with E-state index in [1.807, 2.05) is 34.0 Å². The molecule has 2 saturated heterocycles. The number of nitrogens with one attached hydrogen (secondary N) is 2. The van der Waals surface area contributed by atoms with E-state index in [1.165, 1.54) is 13.2 Å². The third-order valence-corrected chi connectivity index (χ3v) is 11.5. The van der Waals surface area contributed by atoms with Crippen molar-refractivity contribution in [3.05, 3.63) is 66.1 Å². The number of pyridine rings is 1. The molecule has 4 aromatic rings. The van der Waals surface area contributed by atoms with Gasteiger partial charge in [0.1, 0.15) is 23.2 Å². The number of piperidine rings is 1. The number of nitrogens with zero attached hydrogens (tertiary/aromatic N) is 7. The van der Waals surface area contributed by atoms with Gasteiger partial charge in [-0.25, -0.2) is 4.98 Å². The van der Waals surface area contributed by atoms with Crippen LogP contribution in [-0.2, 0) is 20.6 Å². The lowest BCUT2D eigenvalue weighted by molar-refractivity contribution is -0.141. The van der Waals surface area contributed by atoms with Crippen LogP contribution in [0.3, 0.4) is 0 Å². The van der Waals surface area contributed by atoms with Crippen LogP contribution in [0.4, 0.5) is 35.9 Å². The van der Waals surface area contributed by atoms with Gasteiger partial charge >= 0.3 is 6.18 Å². The fourth-order valence-corrected chi connectivity index (χ4v) is 8.49. The van der Waals surface area contributed by atoms with Gasteiger partial charge in [-0.1, -0.05) is 12.1 Å². The van der Waals surface area contributed by atoms with Crippen molar-refractivity contribution in [2.75, 3.05) is 60.4 Å². The molecule has 300 valence electrons. The Morgan fingerprint density at radius 3 is 2.39 bits per heavy atom. The third-order valence-electron chi connectivity index (χ3n) is 11.5. The van der Waals surface area contributed by atoms with E-state index in [2.05, 4.69) is 20.5 Å². The Labute approximate surface area is 325 Å². The first kappa shape index (κ1) is 38.0. The molecule has 3 N–H and O–H groups in total. The van der Waals surface area contributed by atoms with E-state index in [4.69, 9.17) is 9.84 Å². The minimum absolute atomic E-state index is 0.0453. The minimum Gasteiger partial charge on any atom is -0.494 e. The molecule has 2 aromatic heterocycles. The molecule has 2 unspecified atom stereocenters. The molecule has 1 aliphatic carbocycles. The first-order valence-corrected chi connectivity index (χ1v) is 18.9. The number of ether oxygens (including phenoxy) is 1. The Hall–Kier alpha value is -5.91. The average molecular weight is 790 g/mol. The van der Waals surface area contributed by atoms with E-state index in [9.17, 15) is 37.5 Å². The number of aliphatic hydroxyl groups excluding tert-OH is 1. The second kappa shape index (κ2) is 14.9. The maximum atomic E-state index is 13.8. The second-order valence-corrected chi connectivity index (χ2v) is 14.9. The van der Waals surface area contributed by atoms with Crippen molar-refractivity contribution in [1.82, 2.24) is 25.0 Å². The molecule has 0 bridgehead atoms. The highest BCUT2D eigenvalue weighted by Gasteiger charge is 2.44. The Kier molecular flexibility index (Phi) is 9.91. The molecular weight excluding hydrogens is 747 g/mol. The Morgan fingerprint density at radius 2 is 1.68 bits per heavy atom. The second-order valence-electron chi connectivity index (χ2n) is 14.9. The standard InChI is InChI=1S/C39H42F3N9O6/c1-47-34-28(6-4-7-29(34)51(38(47)56)30-13-14-33(52)45-36(30)54)48-15-17-49(18-16-48)37(55)22-9-11-24(12-10-22)50-21-23-19-27(31(57-2)20-26(23)46-50)44-35(53)25-5-3-8-32(43-25)39(40,41)42/h3-8,19-22,24,30,38,56H,9-18H2,1-2H3,(H,44,53)(H,45,52,54)/t22-,24-,30?,38?. The van der Waals surface area contributed by atoms with Gasteiger partial charge in [-0.2, -0.15) is 18.3 Å². The Morgan fingerprint density at radius 1 is 0.965 bits per heavy atom. The molecule has 4 aliphatic rings. The minimum atomic E-state index is -4.69. The number of carbonyl (C=O) groups is 4. The van der Waals surface area contributed by atoms with Crippen molar-refractivity contribution >= 4 is 57.3 Å². The lowest BCUT2D eigenvalue weighted by Crippen LogP contribution is -2.56. The van der Waals surface area contributed by atoms with Gasteiger partial charge < -0.3 is 34.8 Å². The van der Waals surface area contributed by atoms with Crippen molar-refractivity contribution in [2.24, 2.45) is 5.92 Å². The van der Waals surface area contributed by atoms with E-state index in [1.54, 1.807) is 29.0 Å². The SMILES string of the molecule is COc1cc2nn([C@H]3CC[C@H](C(=O)N4CCN(c5cccc6c5N(C)C(O)N6C5CCC(=O)NC5=O)CC4)CC3)cc2cc1NC(=O)c1cccc(C(F)(F)F)n1. The van der Waals surface area contributed by atoms with Gasteiger partial charge in [-0.3, -0.25) is 29.2 Å². The highest BCUT2D eigenvalue weighted by Crippen LogP contribution is 2.47. The van der Waals surface area contributed by atoms with Crippen molar-refractivity contribution < 1.29 is 42.2 Å². The highest BCUT2D eigenvalue weighted by molar-refractivity contribution is 6.05. The fraction of sp³-hybridized carbons (Fsp3) is 0.436. The number of piperazine rings is 1. The Balaban J connectivity index is 0.882. The van der Waals surface area contributed by atoms with Gasteiger partial charge in [0.05, 0.1) is 41.4 Å². The number of imide groups is 1. The van der Waals surface area contributed by atoms with Crippen LogP contribution in [0.25, 0.3) is 10.9 Å². The summed E-state index contributed by atoms with van der Waals surface area (Å²) < 4.78 is 46.9. The summed E-state index contributed by atoms with van der Waals surface area (Å²) in [5.74, 6) is -1.25. The van der Waals surface area contributed by atoms with Crippen LogP contribution in [0.2, 0.25) is 0 Å². The highest BCUT2D eigenvalue weighted by atomic mass is 19.4. The number of hydrogen-bond acceptors (Lipinski definition) is 11. The number of alkyl halides is 3. The predicted molar refractivity (Wildman–Crippen MR) is 203 cm³/mol. The van der Waals surface area contributed by atoms with Crippen LogP contribution in [-0.4, -0.2) is 101 Å². The number of para-hydroxylation sites is 1. The van der Waals surface area contributed by atoms with E-state index >= 15 is 0 Å². The number of aromatic nitrogens is 3. The molecule has 2 atom stereocenters. The number of amides is 4. The summed E-state index contributed by atoms with van der Waals surface area (Å²) in [7, 11) is 3.20. The summed E-state index contributed by atoms with van der Waals surface area (Å²) >= 11 is 0. The van der Waals surface area contributed by atoms with Crippen LogP contribution in [0, 0.1) is 5.92 Å². The largest absolute Gasteiger partial charge is 0.494 e. The molecule has 1 saturated carbocycles. The Bertz CT molecular complexity index is 2230. The number of fused-ring (bicyclic) bond motifs is 2.